The van der Waals surface area contributed by atoms with Crippen LogP contribution in [0.1, 0.15) is 46.0 Å². The van der Waals surface area contributed by atoms with Crippen LogP contribution in [-0.4, -0.2) is 42.5 Å². The Kier molecular flexibility index (Phi) is 4.57. The van der Waals surface area contributed by atoms with Gasteiger partial charge in [0.05, 0.1) is 12.2 Å². The van der Waals surface area contributed by atoms with Gasteiger partial charge in [-0.15, -0.1) is 0 Å². The van der Waals surface area contributed by atoms with Crippen LogP contribution < -0.4 is 0 Å². The number of hydrogen-bond acceptors (Lipinski definition) is 3. The Morgan fingerprint density at radius 2 is 1.88 bits per heavy atom. The molecule has 3 heteroatoms. The second-order valence-corrected chi connectivity index (χ2v) is 5.74. The second kappa shape index (κ2) is 5.96. The largest absolute Gasteiger partial charge is 0.373 e. The van der Waals surface area contributed by atoms with Gasteiger partial charge < -0.3 is 4.74 Å². The van der Waals surface area contributed by atoms with E-state index in [2.05, 4.69) is 18.7 Å². The number of Topliss-reactive ketones (excluding diaryl/α,β-unsaturated/α-hetero) is 1. The highest BCUT2D eigenvalue weighted by Crippen LogP contribution is 2.22. The third-order valence-electron chi connectivity index (χ3n) is 3.90. The monoisotopic (exact) mass is 239 g/mol. The topological polar surface area (TPSA) is 29.5 Å². The maximum Gasteiger partial charge on any atom is 0.137 e. The molecule has 0 spiro atoms. The number of rotatable bonds is 2. The third-order valence-corrected chi connectivity index (χ3v) is 3.90. The van der Waals surface area contributed by atoms with E-state index < -0.39 is 0 Å². The summed E-state index contributed by atoms with van der Waals surface area (Å²) in [5.41, 5.74) is 0. The van der Waals surface area contributed by atoms with E-state index in [-0.39, 0.29) is 5.92 Å². The Morgan fingerprint density at radius 3 is 2.59 bits per heavy atom. The SMILES string of the molecule is C[C@@H]1CN(CC2CCCCCC2=O)C[C@H](C)O1. The zero-order valence-corrected chi connectivity index (χ0v) is 11.2. The Labute approximate surface area is 105 Å². The first-order chi connectivity index (χ1) is 8.15. The molecule has 0 radical (unpaired) electrons. The van der Waals surface area contributed by atoms with Crippen LogP contribution in [0.5, 0.6) is 0 Å². The fourth-order valence-electron chi connectivity index (χ4n) is 3.17. The Balaban J connectivity index is 1.88. The van der Waals surface area contributed by atoms with Crippen LogP contribution in [-0.2, 0) is 9.53 Å². The van der Waals surface area contributed by atoms with Gasteiger partial charge >= 0.3 is 0 Å². The minimum Gasteiger partial charge on any atom is -0.373 e. The first-order valence-corrected chi connectivity index (χ1v) is 7.05. The molecule has 98 valence electrons. The van der Waals surface area contributed by atoms with Gasteiger partial charge in [-0.25, -0.2) is 0 Å². The highest BCUT2D eigenvalue weighted by atomic mass is 16.5. The van der Waals surface area contributed by atoms with E-state index in [4.69, 9.17) is 4.74 Å². The summed E-state index contributed by atoms with van der Waals surface area (Å²) >= 11 is 0. The van der Waals surface area contributed by atoms with E-state index >= 15 is 0 Å². The Bertz CT molecular complexity index is 257. The van der Waals surface area contributed by atoms with Crippen molar-refractivity contribution in [2.45, 2.75) is 58.2 Å². The summed E-state index contributed by atoms with van der Waals surface area (Å²) < 4.78 is 5.73. The number of morpholine rings is 1. The van der Waals surface area contributed by atoms with Gasteiger partial charge in [0.15, 0.2) is 0 Å². The summed E-state index contributed by atoms with van der Waals surface area (Å²) in [4.78, 5) is 14.4. The number of ketones is 1. The lowest BCUT2D eigenvalue weighted by molar-refractivity contribution is -0.125. The summed E-state index contributed by atoms with van der Waals surface area (Å²) in [6.45, 7) is 7.16. The van der Waals surface area contributed by atoms with Crippen LogP contribution in [0.15, 0.2) is 0 Å². The van der Waals surface area contributed by atoms with Gasteiger partial charge in [0.25, 0.3) is 0 Å². The highest BCUT2D eigenvalue weighted by Gasteiger charge is 2.27. The summed E-state index contributed by atoms with van der Waals surface area (Å²) in [6, 6.07) is 0. The second-order valence-electron chi connectivity index (χ2n) is 5.74. The molecular formula is C14H25NO2. The van der Waals surface area contributed by atoms with Crippen LogP contribution >= 0.6 is 0 Å². The van der Waals surface area contributed by atoms with Crippen molar-refractivity contribution in [3.8, 4) is 0 Å². The molecule has 0 bridgehead atoms. The van der Waals surface area contributed by atoms with Crippen molar-refractivity contribution in [3.05, 3.63) is 0 Å². The maximum absolute atomic E-state index is 12.0. The summed E-state index contributed by atoms with van der Waals surface area (Å²) in [5, 5.41) is 0. The molecule has 1 unspecified atom stereocenters. The summed E-state index contributed by atoms with van der Waals surface area (Å²) in [6.07, 6.45) is 6.08. The average Bonchev–Trinajstić information content (AvgIpc) is 2.43. The maximum atomic E-state index is 12.0. The molecule has 0 aromatic carbocycles. The lowest BCUT2D eigenvalue weighted by atomic mass is 9.97. The lowest BCUT2D eigenvalue weighted by Crippen LogP contribution is -2.47. The van der Waals surface area contributed by atoms with E-state index in [0.29, 0.717) is 18.0 Å². The van der Waals surface area contributed by atoms with Crippen LogP contribution in [0.4, 0.5) is 0 Å². The van der Waals surface area contributed by atoms with Gasteiger partial charge in [0, 0.05) is 32.0 Å². The Hall–Kier alpha value is -0.410. The summed E-state index contributed by atoms with van der Waals surface area (Å²) in [7, 11) is 0. The molecule has 3 nitrogen and oxygen atoms in total. The van der Waals surface area contributed by atoms with Crippen LogP contribution in [0.25, 0.3) is 0 Å². The van der Waals surface area contributed by atoms with Gasteiger partial charge in [-0.05, 0) is 26.7 Å². The molecule has 2 fully saturated rings. The van der Waals surface area contributed by atoms with Gasteiger partial charge in [-0.2, -0.15) is 0 Å². The van der Waals surface area contributed by atoms with E-state index in [0.717, 1.165) is 38.9 Å². The van der Waals surface area contributed by atoms with Gasteiger partial charge in [0.1, 0.15) is 5.78 Å². The van der Waals surface area contributed by atoms with Crippen molar-refractivity contribution in [2.24, 2.45) is 5.92 Å². The molecule has 2 aliphatic rings. The number of nitrogens with zero attached hydrogens (tertiary/aromatic N) is 1. The molecule has 3 atom stereocenters. The van der Waals surface area contributed by atoms with E-state index in [1.165, 1.54) is 12.8 Å². The van der Waals surface area contributed by atoms with Crippen LogP contribution in [0, 0.1) is 5.92 Å². The average molecular weight is 239 g/mol. The Morgan fingerprint density at radius 1 is 1.18 bits per heavy atom. The van der Waals surface area contributed by atoms with Crippen molar-refractivity contribution >= 4 is 5.78 Å². The quantitative estimate of drug-likeness (QED) is 0.692. The molecule has 1 heterocycles. The highest BCUT2D eigenvalue weighted by molar-refractivity contribution is 5.81. The predicted octanol–water partition coefficient (Wildman–Crippen LogP) is 2.25. The molecule has 0 amide bonds. The molecule has 1 saturated heterocycles. The zero-order chi connectivity index (χ0) is 12.3. The summed E-state index contributed by atoms with van der Waals surface area (Å²) in [5.74, 6) is 0.782. The molecule has 0 aromatic heterocycles. The fraction of sp³-hybridized carbons (Fsp3) is 0.929. The van der Waals surface area contributed by atoms with Crippen molar-refractivity contribution in [1.82, 2.24) is 4.90 Å². The van der Waals surface area contributed by atoms with Gasteiger partial charge in [-0.1, -0.05) is 12.8 Å². The minimum atomic E-state index is 0.287. The molecule has 0 N–H and O–H groups in total. The zero-order valence-electron chi connectivity index (χ0n) is 11.2. The van der Waals surface area contributed by atoms with Gasteiger partial charge in [0.2, 0.25) is 0 Å². The normalized spacial score (nSPS) is 36.8. The molecule has 1 saturated carbocycles. The third kappa shape index (κ3) is 3.78. The smallest absolute Gasteiger partial charge is 0.137 e. The van der Waals surface area contributed by atoms with E-state index in [1.807, 2.05) is 0 Å². The minimum absolute atomic E-state index is 0.287. The molecular weight excluding hydrogens is 214 g/mol. The predicted molar refractivity (Wildman–Crippen MR) is 68.0 cm³/mol. The molecule has 1 aliphatic carbocycles. The number of carbonyl (C=O) groups is 1. The van der Waals surface area contributed by atoms with Crippen molar-refractivity contribution in [1.29, 1.82) is 0 Å². The van der Waals surface area contributed by atoms with Crippen molar-refractivity contribution in [3.63, 3.8) is 0 Å². The number of carbonyl (C=O) groups excluding carboxylic acids is 1. The molecule has 1 aliphatic heterocycles. The molecule has 17 heavy (non-hydrogen) atoms. The molecule has 2 rings (SSSR count). The standard InChI is InChI=1S/C14H25NO2/c1-11-8-15(9-12(2)17-11)10-13-6-4-3-5-7-14(13)16/h11-13H,3-10H2,1-2H3/t11-,12+,13?. The first kappa shape index (κ1) is 13.0. The van der Waals surface area contributed by atoms with E-state index in [1.54, 1.807) is 0 Å². The van der Waals surface area contributed by atoms with Crippen LogP contribution in [0.3, 0.4) is 0 Å². The number of hydrogen-bond donors (Lipinski definition) is 0. The first-order valence-electron chi connectivity index (χ1n) is 7.05. The van der Waals surface area contributed by atoms with Crippen molar-refractivity contribution in [2.75, 3.05) is 19.6 Å². The fourth-order valence-corrected chi connectivity index (χ4v) is 3.17. The lowest BCUT2D eigenvalue weighted by Gasteiger charge is -2.36. The van der Waals surface area contributed by atoms with E-state index in [9.17, 15) is 4.79 Å². The van der Waals surface area contributed by atoms with Crippen molar-refractivity contribution < 1.29 is 9.53 Å². The van der Waals surface area contributed by atoms with Gasteiger partial charge in [-0.3, -0.25) is 9.69 Å². The number of ether oxygens (including phenoxy) is 1. The van der Waals surface area contributed by atoms with Crippen LogP contribution in [0.2, 0.25) is 0 Å². The molecule has 0 aromatic rings.